The highest BCUT2D eigenvalue weighted by molar-refractivity contribution is 9.10. The molecule has 1 aromatic heterocycles. The van der Waals surface area contributed by atoms with Gasteiger partial charge in [0.1, 0.15) is 12.2 Å². The zero-order valence-corrected chi connectivity index (χ0v) is 14.4. The van der Waals surface area contributed by atoms with Crippen molar-refractivity contribution >= 4 is 21.8 Å². The SMILES string of the molecule is Cc1cc(C)c(Br)c(C(=O)N2CCCC(c3ncn[nH]3)C2)c1. The van der Waals surface area contributed by atoms with Crippen LogP contribution in [0.15, 0.2) is 22.9 Å². The van der Waals surface area contributed by atoms with Crippen molar-refractivity contribution in [2.24, 2.45) is 0 Å². The predicted octanol–water partition coefficient (Wildman–Crippen LogP) is 3.20. The van der Waals surface area contributed by atoms with E-state index in [0.717, 1.165) is 46.4 Å². The van der Waals surface area contributed by atoms with E-state index >= 15 is 0 Å². The Bertz CT molecular complexity index is 684. The summed E-state index contributed by atoms with van der Waals surface area (Å²) < 4.78 is 0.893. The number of hydrogen-bond acceptors (Lipinski definition) is 3. The molecule has 1 fully saturated rings. The second-order valence-corrected chi connectivity index (χ2v) is 6.70. The van der Waals surface area contributed by atoms with Gasteiger partial charge in [0.15, 0.2) is 0 Å². The van der Waals surface area contributed by atoms with Crippen molar-refractivity contribution < 1.29 is 4.79 Å². The molecule has 3 rings (SSSR count). The number of benzene rings is 1. The Morgan fingerprint density at radius 1 is 1.41 bits per heavy atom. The van der Waals surface area contributed by atoms with Crippen molar-refractivity contribution in [3.63, 3.8) is 0 Å². The Morgan fingerprint density at radius 3 is 2.95 bits per heavy atom. The third-order valence-corrected chi connectivity index (χ3v) is 5.21. The van der Waals surface area contributed by atoms with E-state index in [2.05, 4.69) is 37.2 Å². The highest BCUT2D eigenvalue weighted by atomic mass is 79.9. The maximum atomic E-state index is 12.9. The van der Waals surface area contributed by atoms with Gasteiger partial charge in [0.25, 0.3) is 5.91 Å². The van der Waals surface area contributed by atoms with Crippen LogP contribution in [0.5, 0.6) is 0 Å². The van der Waals surface area contributed by atoms with E-state index in [4.69, 9.17) is 0 Å². The van der Waals surface area contributed by atoms with E-state index in [1.165, 1.54) is 6.33 Å². The van der Waals surface area contributed by atoms with Crippen LogP contribution >= 0.6 is 15.9 Å². The first-order valence-electron chi connectivity index (χ1n) is 7.47. The molecule has 1 saturated heterocycles. The van der Waals surface area contributed by atoms with E-state index < -0.39 is 0 Å². The van der Waals surface area contributed by atoms with Crippen molar-refractivity contribution in [3.8, 4) is 0 Å². The molecule has 0 spiro atoms. The van der Waals surface area contributed by atoms with Gasteiger partial charge in [-0.25, -0.2) is 4.98 Å². The molecule has 2 aromatic rings. The zero-order valence-electron chi connectivity index (χ0n) is 12.8. The van der Waals surface area contributed by atoms with Gasteiger partial charge < -0.3 is 4.90 Å². The van der Waals surface area contributed by atoms with Gasteiger partial charge in [-0.1, -0.05) is 6.07 Å². The first-order valence-corrected chi connectivity index (χ1v) is 8.27. The Kier molecular flexibility index (Phi) is 4.29. The van der Waals surface area contributed by atoms with Crippen LogP contribution < -0.4 is 0 Å². The molecule has 116 valence electrons. The van der Waals surface area contributed by atoms with Gasteiger partial charge >= 0.3 is 0 Å². The van der Waals surface area contributed by atoms with Gasteiger partial charge in [0, 0.05) is 23.5 Å². The predicted molar refractivity (Wildman–Crippen MR) is 87.9 cm³/mol. The van der Waals surface area contributed by atoms with Gasteiger partial charge in [0.2, 0.25) is 0 Å². The van der Waals surface area contributed by atoms with E-state index in [9.17, 15) is 4.79 Å². The fourth-order valence-corrected chi connectivity index (χ4v) is 3.47. The molecule has 0 bridgehead atoms. The number of carbonyl (C=O) groups is 1. The number of amides is 1. The summed E-state index contributed by atoms with van der Waals surface area (Å²) in [6.45, 7) is 5.52. The number of carbonyl (C=O) groups excluding carboxylic acids is 1. The van der Waals surface area contributed by atoms with Crippen molar-refractivity contribution in [3.05, 3.63) is 45.4 Å². The van der Waals surface area contributed by atoms with Crippen LogP contribution in [-0.2, 0) is 0 Å². The number of nitrogens with zero attached hydrogens (tertiary/aromatic N) is 3. The molecular weight excluding hydrogens is 344 g/mol. The number of rotatable bonds is 2. The van der Waals surface area contributed by atoms with Gasteiger partial charge in [-0.15, -0.1) is 0 Å². The molecule has 1 N–H and O–H groups in total. The molecule has 0 saturated carbocycles. The van der Waals surface area contributed by atoms with Crippen LogP contribution in [-0.4, -0.2) is 39.1 Å². The topological polar surface area (TPSA) is 61.9 Å². The molecule has 5 nitrogen and oxygen atoms in total. The van der Waals surface area contributed by atoms with Crippen molar-refractivity contribution in [1.29, 1.82) is 0 Å². The number of aromatic amines is 1. The Hall–Kier alpha value is -1.69. The molecule has 1 aliphatic rings. The lowest BCUT2D eigenvalue weighted by Gasteiger charge is -2.32. The van der Waals surface area contributed by atoms with Crippen LogP contribution in [0.4, 0.5) is 0 Å². The standard InChI is InChI=1S/C16H19BrN4O/c1-10-6-11(2)14(17)13(7-10)16(22)21-5-3-4-12(8-21)15-18-9-19-20-15/h6-7,9,12H,3-5,8H2,1-2H3,(H,18,19,20). The minimum absolute atomic E-state index is 0.0860. The molecule has 2 heterocycles. The van der Waals surface area contributed by atoms with Crippen LogP contribution in [0.3, 0.4) is 0 Å². The lowest BCUT2D eigenvalue weighted by atomic mass is 9.96. The molecule has 1 atom stereocenters. The summed E-state index contributed by atoms with van der Waals surface area (Å²) in [7, 11) is 0. The van der Waals surface area contributed by atoms with Crippen molar-refractivity contribution in [2.75, 3.05) is 13.1 Å². The van der Waals surface area contributed by atoms with Gasteiger partial charge in [-0.2, -0.15) is 5.10 Å². The summed E-state index contributed by atoms with van der Waals surface area (Å²) in [5.74, 6) is 1.20. The average Bonchev–Trinajstić information content (AvgIpc) is 3.05. The van der Waals surface area contributed by atoms with Crippen LogP contribution in [0.2, 0.25) is 0 Å². The first-order chi connectivity index (χ1) is 10.6. The normalized spacial score (nSPS) is 18.5. The summed E-state index contributed by atoms with van der Waals surface area (Å²) in [5.41, 5.74) is 2.94. The Balaban J connectivity index is 1.83. The largest absolute Gasteiger partial charge is 0.338 e. The molecule has 0 radical (unpaired) electrons. The monoisotopic (exact) mass is 362 g/mol. The lowest BCUT2D eigenvalue weighted by Crippen LogP contribution is -2.39. The maximum absolute atomic E-state index is 12.9. The van der Waals surface area contributed by atoms with E-state index in [0.29, 0.717) is 6.54 Å². The molecule has 1 aliphatic heterocycles. The maximum Gasteiger partial charge on any atom is 0.255 e. The molecule has 1 aromatic carbocycles. The minimum atomic E-state index is 0.0860. The number of aromatic nitrogens is 3. The Morgan fingerprint density at radius 2 is 2.23 bits per heavy atom. The number of halogens is 1. The lowest BCUT2D eigenvalue weighted by molar-refractivity contribution is 0.0703. The smallest absolute Gasteiger partial charge is 0.255 e. The number of hydrogen-bond donors (Lipinski definition) is 1. The number of aryl methyl sites for hydroxylation is 2. The third-order valence-electron chi connectivity index (χ3n) is 4.16. The van der Waals surface area contributed by atoms with Crippen LogP contribution in [0, 0.1) is 13.8 Å². The van der Waals surface area contributed by atoms with Gasteiger partial charge in [-0.3, -0.25) is 9.89 Å². The quantitative estimate of drug-likeness (QED) is 0.891. The van der Waals surface area contributed by atoms with E-state index in [1.807, 2.05) is 24.8 Å². The van der Waals surface area contributed by atoms with Crippen molar-refractivity contribution in [1.82, 2.24) is 20.1 Å². The van der Waals surface area contributed by atoms with Crippen LogP contribution in [0.1, 0.15) is 46.1 Å². The third kappa shape index (κ3) is 2.92. The van der Waals surface area contributed by atoms with Gasteiger partial charge in [-0.05, 0) is 59.8 Å². The number of piperidine rings is 1. The minimum Gasteiger partial charge on any atom is -0.338 e. The van der Waals surface area contributed by atoms with Crippen molar-refractivity contribution in [2.45, 2.75) is 32.6 Å². The summed E-state index contributed by atoms with van der Waals surface area (Å²) in [4.78, 5) is 19.1. The zero-order chi connectivity index (χ0) is 15.7. The fraction of sp³-hybridized carbons (Fsp3) is 0.438. The van der Waals surface area contributed by atoms with E-state index in [-0.39, 0.29) is 11.8 Å². The molecule has 22 heavy (non-hydrogen) atoms. The second kappa shape index (κ2) is 6.20. The number of likely N-dealkylation sites (tertiary alicyclic amines) is 1. The molecule has 1 amide bonds. The highest BCUT2D eigenvalue weighted by Gasteiger charge is 2.28. The fourth-order valence-electron chi connectivity index (χ4n) is 3.07. The average molecular weight is 363 g/mol. The summed E-state index contributed by atoms with van der Waals surface area (Å²) in [5, 5.41) is 6.84. The highest BCUT2D eigenvalue weighted by Crippen LogP contribution is 2.28. The number of nitrogens with one attached hydrogen (secondary N) is 1. The summed E-state index contributed by atoms with van der Waals surface area (Å²) >= 11 is 3.56. The Labute approximate surface area is 138 Å². The van der Waals surface area contributed by atoms with Gasteiger partial charge in [0.05, 0.1) is 5.56 Å². The number of H-pyrrole nitrogens is 1. The second-order valence-electron chi connectivity index (χ2n) is 5.90. The summed E-state index contributed by atoms with van der Waals surface area (Å²) in [6, 6.07) is 4.03. The molecule has 6 heteroatoms. The molecule has 0 aliphatic carbocycles. The molecular formula is C16H19BrN4O. The first kappa shape index (κ1) is 15.2. The molecule has 1 unspecified atom stereocenters. The summed E-state index contributed by atoms with van der Waals surface area (Å²) in [6.07, 6.45) is 3.54. The van der Waals surface area contributed by atoms with Crippen LogP contribution in [0.25, 0.3) is 0 Å². The van der Waals surface area contributed by atoms with E-state index in [1.54, 1.807) is 0 Å².